The molecule has 0 saturated carbocycles. The van der Waals surface area contributed by atoms with Gasteiger partial charge < -0.3 is 0 Å². The maximum absolute atomic E-state index is 12.5. The maximum Gasteiger partial charge on any atom is 0.249 e. The molecule has 0 aliphatic heterocycles. The second-order valence-electron chi connectivity index (χ2n) is 3.11. The number of benzene rings is 1. The molecule has 0 aromatic heterocycles. The molecule has 0 saturated heterocycles. The van der Waals surface area contributed by atoms with Crippen molar-refractivity contribution in [1.82, 2.24) is 0 Å². The predicted molar refractivity (Wildman–Crippen MR) is 46.2 cm³/mol. The van der Waals surface area contributed by atoms with E-state index in [2.05, 4.69) is 0 Å². The second-order valence-corrected chi connectivity index (χ2v) is 3.11. The van der Waals surface area contributed by atoms with E-state index in [0.29, 0.717) is 17.4 Å². The van der Waals surface area contributed by atoms with Gasteiger partial charge in [-0.1, -0.05) is 24.3 Å². The van der Waals surface area contributed by atoms with Crippen molar-refractivity contribution >= 4 is 6.29 Å². The lowest BCUT2D eigenvalue weighted by Crippen LogP contribution is -2.13. The van der Waals surface area contributed by atoms with Crippen LogP contribution in [0.5, 0.6) is 0 Å². The second kappa shape index (κ2) is 3.64. The first-order valence-electron chi connectivity index (χ1n) is 3.93. The van der Waals surface area contributed by atoms with Crippen LogP contribution >= 0.6 is 0 Å². The summed E-state index contributed by atoms with van der Waals surface area (Å²) in [4.78, 5) is 10.3. The minimum atomic E-state index is -2.69. The number of halogens is 2. The van der Waals surface area contributed by atoms with E-state index in [9.17, 15) is 13.6 Å². The third-order valence-corrected chi connectivity index (χ3v) is 1.63. The molecule has 0 aliphatic carbocycles. The van der Waals surface area contributed by atoms with Crippen molar-refractivity contribution in [2.75, 3.05) is 0 Å². The molecule has 0 N–H and O–H groups in total. The van der Waals surface area contributed by atoms with E-state index in [1.807, 2.05) is 0 Å². The SMILES string of the molecule is CC(F)(F)Cc1ccc(C=O)cc1. The number of rotatable bonds is 3. The summed E-state index contributed by atoms with van der Waals surface area (Å²) in [5.41, 5.74) is 1.04. The number of carbonyl (C=O) groups excluding carboxylic acids is 1. The molecule has 1 aromatic rings. The number of hydrogen-bond donors (Lipinski definition) is 0. The lowest BCUT2D eigenvalue weighted by molar-refractivity contribution is 0.0226. The molecule has 3 heteroatoms. The zero-order valence-corrected chi connectivity index (χ0v) is 7.26. The normalized spacial score (nSPS) is 11.3. The highest BCUT2D eigenvalue weighted by atomic mass is 19.3. The fourth-order valence-electron chi connectivity index (χ4n) is 1.07. The van der Waals surface area contributed by atoms with Gasteiger partial charge in [0.2, 0.25) is 5.92 Å². The van der Waals surface area contributed by atoms with Crippen molar-refractivity contribution in [3.05, 3.63) is 35.4 Å². The van der Waals surface area contributed by atoms with Crippen molar-refractivity contribution in [3.63, 3.8) is 0 Å². The van der Waals surface area contributed by atoms with E-state index in [4.69, 9.17) is 0 Å². The summed E-state index contributed by atoms with van der Waals surface area (Å²) in [6.45, 7) is 0.876. The van der Waals surface area contributed by atoms with Crippen molar-refractivity contribution in [2.24, 2.45) is 0 Å². The molecule has 1 nitrogen and oxygen atoms in total. The first-order chi connectivity index (χ1) is 6.01. The third kappa shape index (κ3) is 3.32. The lowest BCUT2D eigenvalue weighted by atomic mass is 10.1. The van der Waals surface area contributed by atoms with Crippen LogP contribution in [-0.2, 0) is 6.42 Å². The molecule has 0 spiro atoms. The van der Waals surface area contributed by atoms with Crippen LogP contribution in [0.1, 0.15) is 22.8 Å². The Labute approximate surface area is 75.4 Å². The number of aldehydes is 1. The Hall–Kier alpha value is -1.25. The molecule has 0 atom stereocenters. The summed E-state index contributed by atoms with van der Waals surface area (Å²) in [6, 6.07) is 6.16. The van der Waals surface area contributed by atoms with Crippen molar-refractivity contribution in [1.29, 1.82) is 0 Å². The molecule has 70 valence electrons. The Morgan fingerprint density at radius 2 is 1.85 bits per heavy atom. The molecular formula is C10H10F2O. The molecule has 0 fully saturated rings. The molecule has 0 radical (unpaired) electrons. The fraction of sp³-hybridized carbons (Fsp3) is 0.300. The van der Waals surface area contributed by atoms with Gasteiger partial charge in [0.1, 0.15) is 6.29 Å². The average Bonchev–Trinajstić information content (AvgIpc) is 2.03. The highest BCUT2D eigenvalue weighted by Gasteiger charge is 2.21. The monoisotopic (exact) mass is 184 g/mol. The third-order valence-electron chi connectivity index (χ3n) is 1.63. The quantitative estimate of drug-likeness (QED) is 0.660. The molecule has 1 rings (SSSR count). The number of carbonyl (C=O) groups is 1. The summed E-state index contributed by atoms with van der Waals surface area (Å²) in [5.74, 6) is -2.69. The lowest BCUT2D eigenvalue weighted by Gasteiger charge is -2.09. The molecule has 13 heavy (non-hydrogen) atoms. The summed E-state index contributed by atoms with van der Waals surface area (Å²) >= 11 is 0. The number of hydrogen-bond acceptors (Lipinski definition) is 1. The van der Waals surface area contributed by atoms with Crippen LogP contribution in [0.3, 0.4) is 0 Å². The van der Waals surface area contributed by atoms with Crippen LogP contribution in [0.4, 0.5) is 8.78 Å². The summed E-state index contributed by atoms with van der Waals surface area (Å²) in [7, 11) is 0. The van der Waals surface area contributed by atoms with Gasteiger partial charge in [-0.15, -0.1) is 0 Å². The van der Waals surface area contributed by atoms with Crippen LogP contribution in [0.2, 0.25) is 0 Å². The van der Waals surface area contributed by atoms with Crippen molar-refractivity contribution in [2.45, 2.75) is 19.3 Å². The standard InChI is InChI=1S/C10H10F2O/c1-10(11,12)6-8-2-4-9(7-13)5-3-8/h2-5,7H,6H2,1H3. The van der Waals surface area contributed by atoms with Gasteiger partial charge in [-0.25, -0.2) is 8.78 Å². The Bertz CT molecular complexity index is 285. The highest BCUT2D eigenvalue weighted by Crippen LogP contribution is 2.18. The zero-order valence-electron chi connectivity index (χ0n) is 7.26. The van der Waals surface area contributed by atoms with Crippen LogP contribution < -0.4 is 0 Å². The van der Waals surface area contributed by atoms with Gasteiger partial charge in [0.05, 0.1) is 0 Å². The topological polar surface area (TPSA) is 17.1 Å². The molecule has 0 aliphatic rings. The van der Waals surface area contributed by atoms with Gasteiger partial charge in [-0.2, -0.15) is 0 Å². The number of alkyl halides is 2. The van der Waals surface area contributed by atoms with E-state index < -0.39 is 5.92 Å². The van der Waals surface area contributed by atoms with E-state index >= 15 is 0 Å². The summed E-state index contributed by atoms with van der Waals surface area (Å²) in [5, 5.41) is 0. The van der Waals surface area contributed by atoms with Gasteiger partial charge in [-0.05, 0) is 12.5 Å². The fourth-order valence-corrected chi connectivity index (χ4v) is 1.07. The molecule has 0 heterocycles. The van der Waals surface area contributed by atoms with Crippen molar-refractivity contribution in [3.8, 4) is 0 Å². The first-order valence-corrected chi connectivity index (χ1v) is 3.93. The van der Waals surface area contributed by atoms with Crippen molar-refractivity contribution < 1.29 is 13.6 Å². The zero-order chi connectivity index (χ0) is 9.90. The highest BCUT2D eigenvalue weighted by molar-refractivity contribution is 5.74. The van der Waals surface area contributed by atoms with E-state index in [1.54, 1.807) is 12.1 Å². The molecule has 1 aromatic carbocycles. The van der Waals surface area contributed by atoms with E-state index in [-0.39, 0.29) is 6.42 Å². The predicted octanol–water partition coefficient (Wildman–Crippen LogP) is 2.70. The largest absolute Gasteiger partial charge is 0.298 e. The Balaban J connectivity index is 2.75. The molecule has 0 unspecified atom stereocenters. The van der Waals surface area contributed by atoms with E-state index in [0.717, 1.165) is 6.92 Å². The summed E-state index contributed by atoms with van der Waals surface area (Å²) in [6.07, 6.45) is 0.403. The van der Waals surface area contributed by atoms with Gasteiger partial charge in [0.15, 0.2) is 0 Å². The van der Waals surface area contributed by atoms with Crippen LogP contribution in [0.15, 0.2) is 24.3 Å². The molecular weight excluding hydrogens is 174 g/mol. The van der Waals surface area contributed by atoms with Crippen LogP contribution in [-0.4, -0.2) is 12.2 Å². The molecule has 0 bridgehead atoms. The Morgan fingerprint density at radius 1 is 1.31 bits per heavy atom. The van der Waals surface area contributed by atoms with Gasteiger partial charge in [0, 0.05) is 12.0 Å². The van der Waals surface area contributed by atoms with E-state index in [1.165, 1.54) is 12.1 Å². The Kier molecular flexibility index (Phi) is 2.76. The van der Waals surface area contributed by atoms with Gasteiger partial charge in [-0.3, -0.25) is 4.79 Å². The first kappa shape index (κ1) is 9.84. The average molecular weight is 184 g/mol. The van der Waals surface area contributed by atoms with Gasteiger partial charge in [0.25, 0.3) is 0 Å². The minimum absolute atomic E-state index is 0.286. The summed E-state index contributed by atoms with van der Waals surface area (Å²) < 4.78 is 25.0. The van der Waals surface area contributed by atoms with Crippen LogP contribution in [0.25, 0.3) is 0 Å². The minimum Gasteiger partial charge on any atom is -0.298 e. The molecule has 0 amide bonds. The Morgan fingerprint density at radius 3 is 2.23 bits per heavy atom. The maximum atomic E-state index is 12.5. The van der Waals surface area contributed by atoms with Gasteiger partial charge >= 0.3 is 0 Å². The van der Waals surface area contributed by atoms with Crippen LogP contribution in [0, 0.1) is 0 Å². The smallest absolute Gasteiger partial charge is 0.249 e.